The molecule has 0 fully saturated rings. The molecule has 2 aromatic rings. The van der Waals surface area contributed by atoms with Crippen molar-refractivity contribution in [1.29, 1.82) is 0 Å². The summed E-state index contributed by atoms with van der Waals surface area (Å²) in [4.78, 5) is 12.4. The van der Waals surface area contributed by atoms with Crippen LogP contribution in [0.5, 0.6) is 5.75 Å². The van der Waals surface area contributed by atoms with Crippen molar-refractivity contribution in [2.24, 2.45) is 5.92 Å². The molecule has 0 unspecified atom stereocenters. The molecule has 0 saturated heterocycles. The highest BCUT2D eigenvalue weighted by atomic mass is 19.1. The van der Waals surface area contributed by atoms with Crippen LogP contribution in [0, 0.1) is 11.7 Å². The summed E-state index contributed by atoms with van der Waals surface area (Å²) in [7, 11) is 1.40. The molecule has 110 valence electrons. The zero-order valence-corrected chi connectivity index (χ0v) is 12.5. The Hall–Kier alpha value is -2.16. The summed E-state index contributed by atoms with van der Waals surface area (Å²) >= 11 is 0. The van der Waals surface area contributed by atoms with Crippen LogP contribution in [0.15, 0.2) is 42.5 Å². The molecule has 21 heavy (non-hydrogen) atoms. The summed E-state index contributed by atoms with van der Waals surface area (Å²) < 4.78 is 18.6. The zero-order chi connectivity index (χ0) is 15.4. The number of ketones is 1. The molecule has 0 saturated carbocycles. The van der Waals surface area contributed by atoms with E-state index in [-0.39, 0.29) is 11.5 Å². The minimum atomic E-state index is -0.526. The van der Waals surface area contributed by atoms with Crippen LogP contribution in [-0.2, 0) is 6.42 Å². The van der Waals surface area contributed by atoms with Gasteiger partial charge in [0.1, 0.15) is 0 Å². The van der Waals surface area contributed by atoms with Gasteiger partial charge in [0.2, 0.25) is 0 Å². The van der Waals surface area contributed by atoms with Crippen molar-refractivity contribution in [3.8, 4) is 5.75 Å². The maximum absolute atomic E-state index is 13.7. The normalized spacial score (nSPS) is 10.7. The number of rotatable bonds is 5. The van der Waals surface area contributed by atoms with Gasteiger partial charge in [-0.3, -0.25) is 4.79 Å². The van der Waals surface area contributed by atoms with Gasteiger partial charge in [-0.1, -0.05) is 32.0 Å². The van der Waals surface area contributed by atoms with Gasteiger partial charge in [-0.25, -0.2) is 4.39 Å². The molecule has 0 aliphatic heterocycles. The van der Waals surface area contributed by atoms with Crippen molar-refractivity contribution in [3.63, 3.8) is 0 Å². The maximum atomic E-state index is 13.7. The van der Waals surface area contributed by atoms with Gasteiger partial charge >= 0.3 is 0 Å². The lowest BCUT2D eigenvalue weighted by Gasteiger charge is -2.08. The van der Waals surface area contributed by atoms with E-state index in [1.54, 1.807) is 12.1 Å². The third-order valence-electron chi connectivity index (χ3n) is 3.25. The van der Waals surface area contributed by atoms with Crippen molar-refractivity contribution >= 4 is 5.78 Å². The average molecular weight is 286 g/mol. The van der Waals surface area contributed by atoms with E-state index in [2.05, 4.69) is 13.8 Å². The molecular formula is C18H19FO2. The molecule has 0 aromatic heterocycles. The van der Waals surface area contributed by atoms with Gasteiger partial charge in [-0.05, 0) is 42.2 Å². The number of halogens is 1. The predicted molar refractivity (Wildman–Crippen MR) is 81.4 cm³/mol. The molecule has 2 aromatic carbocycles. The Bertz CT molecular complexity index is 647. The number of hydrogen-bond donors (Lipinski definition) is 0. The molecule has 2 rings (SSSR count). The molecule has 0 heterocycles. The fourth-order valence-electron chi connectivity index (χ4n) is 2.29. The van der Waals surface area contributed by atoms with Gasteiger partial charge in [0, 0.05) is 11.1 Å². The van der Waals surface area contributed by atoms with Crippen LogP contribution in [-0.4, -0.2) is 12.9 Å². The first-order valence-electron chi connectivity index (χ1n) is 6.98. The molecule has 3 heteroatoms. The molecular weight excluding hydrogens is 267 g/mol. The van der Waals surface area contributed by atoms with Gasteiger partial charge in [-0.15, -0.1) is 0 Å². The van der Waals surface area contributed by atoms with Gasteiger partial charge in [0.05, 0.1) is 7.11 Å². The molecule has 0 N–H and O–H groups in total. The van der Waals surface area contributed by atoms with Crippen LogP contribution in [0.25, 0.3) is 0 Å². The first-order chi connectivity index (χ1) is 10.0. The Labute approximate surface area is 124 Å². The van der Waals surface area contributed by atoms with E-state index in [1.807, 2.05) is 18.2 Å². The van der Waals surface area contributed by atoms with Crippen molar-refractivity contribution in [2.45, 2.75) is 20.3 Å². The van der Waals surface area contributed by atoms with E-state index >= 15 is 0 Å². The quantitative estimate of drug-likeness (QED) is 0.767. The number of hydrogen-bond acceptors (Lipinski definition) is 2. The highest BCUT2D eigenvalue weighted by Gasteiger charge is 2.13. The molecule has 0 amide bonds. The fraction of sp³-hybridized carbons (Fsp3) is 0.278. The number of carbonyl (C=O) groups excluding carboxylic acids is 1. The Morgan fingerprint density at radius 3 is 2.48 bits per heavy atom. The summed E-state index contributed by atoms with van der Waals surface area (Å²) in [5.41, 5.74) is 2.03. The van der Waals surface area contributed by atoms with E-state index in [4.69, 9.17) is 4.74 Å². The smallest absolute Gasteiger partial charge is 0.193 e. The van der Waals surface area contributed by atoms with Crippen molar-refractivity contribution in [2.75, 3.05) is 7.11 Å². The zero-order valence-electron chi connectivity index (χ0n) is 12.5. The topological polar surface area (TPSA) is 26.3 Å². The number of carbonyl (C=O) groups is 1. The third-order valence-corrected chi connectivity index (χ3v) is 3.25. The Morgan fingerprint density at radius 2 is 1.86 bits per heavy atom. The Kier molecular flexibility index (Phi) is 4.73. The first kappa shape index (κ1) is 15.2. The lowest BCUT2D eigenvalue weighted by Crippen LogP contribution is -2.04. The van der Waals surface area contributed by atoms with E-state index in [1.165, 1.54) is 19.2 Å². The molecule has 0 bridgehead atoms. The van der Waals surface area contributed by atoms with Gasteiger partial charge < -0.3 is 4.74 Å². The van der Waals surface area contributed by atoms with Crippen LogP contribution in [0.4, 0.5) is 4.39 Å². The minimum Gasteiger partial charge on any atom is -0.494 e. The highest BCUT2D eigenvalue weighted by Crippen LogP contribution is 2.20. The van der Waals surface area contributed by atoms with Crippen LogP contribution in [0.1, 0.15) is 35.3 Å². The fourth-order valence-corrected chi connectivity index (χ4v) is 2.29. The van der Waals surface area contributed by atoms with E-state index in [9.17, 15) is 9.18 Å². The molecule has 0 spiro atoms. The second kappa shape index (κ2) is 6.53. The summed E-state index contributed by atoms with van der Waals surface area (Å²) in [6, 6.07) is 11.8. The Morgan fingerprint density at radius 1 is 1.14 bits per heavy atom. The highest BCUT2D eigenvalue weighted by molar-refractivity contribution is 6.09. The maximum Gasteiger partial charge on any atom is 0.193 e. The minimum absolute atomic E-state index is 0.139. The van der Waals surface area contributed by atoms with Crippen LogP contribution in [0.2, 0.25) is 0 Å². The molecule has 2 nitrogen and oxygen atoms in total. The second-order valence-corrected chi connectivity index (χ2v) is 5.48. The summed E-state index contributed by atoms with van der Waals surface area (Å²) in [5, 5.41) is 0. The van der Waals surface area contributed by atoms with Gasteiger partial charge in [0.15, 0.2) is 17.3 Å². The van der Waals surface area contributed by atoms with Gasteiger partial charge in [-0.2, -0.15) is 0 Å². The third kappa shape index (κ3) is 3.69. The Balaban J connectivity index is 2.29. The van der Waals surface area contributed by atoms with Crippen molar-refractivity contribution in [3.05, 3.63) is 65.0 Å². The standard InChI is InChI=1S/C18H19FO2/c1-12(2)9-13-5-4-6-14(10-13)18(20)15-7-8-17(21-3)16(19)11-15/h4-8,10-12H,9H2,1-3H3. The largest absolute Gasteiger partial charge is 0.494 e. The summed E-state index contributed by atoms with van der Waals surface area (Å²) in [6.07, 6.45) is 0.915. The van der Waals surface area contributed by atoms with E-state index in [0.29, 0.717) is 17.0 Å². The second-order valence-electron chi connectivity index (χ2n) is 5.48. The lowest BCUT2D eigenvalue weighted by atomic mass is 9.97. The van der Waals surface area contributed by atoms with E-state index < -0.39 is 5.82 Å². The molecule has 0 atom stereocenters. The van der Waals surface area contributed by atoms with Crippen LogP contribution >= 0.6 is 0 Å². The SMILES string of the molecule is COc1ccc(C(=O)c2cccc(CC(C)C)c2)cc1F. The molecule has 0 aliphatic carbocycles. The number of methoxy groups -OCH3 is 1. The first-order valence-corrected chi connectivity index (χ1v) is 6.98. The van der Waals surface area contributed by atoms with Crippen molar-refractivity contribution < 1.29 is 13.9 Å². The van der Waals surface area contributed by atoms with E-state index in [0.717, 1.165) is 12.0 Å². The van der Waals surface area contributed by atoms with Crippen molar-refractivity contribution in [1.82, 2.24) is 0 Å². The number of benzene rings is 2. The monoisotopic (exact) mass is 286 g/mol. The lowest BCUT2D eigenvalue weighted by molar-refractivity contribution is 0.103. The van der Waals surface area contributed by atoms with Gasteiger partial charge in [0.25, 0.3) is 0 Å². The predicted octanol–water partition coefficient (Wildman–Crippen LogP) is 4.26. The summed E-state index contributed by atoms with van der Waals surface area (Å²) in [6.45, 7) is 4.26. The molecule has 0 aliphatic rings. The van der Waals surface area contributed by atoms with Crippen LogP contribution in [0.3, 0.4) is 0 Å². The average Bonchev–Trinajstić information content (AvgIpc) is 2.46. The molecule has 0 radical (unpaired) electrons. The summed E-state index contributed by atoms with van der Waals surface area (Å²) in [5.74, 6) is -0.0438. The van der Waals surface area contributed by atoms with Crippen LogP contribution < -0.4 is 4.74 Å². The number of ether oxygens (including phenoxy) is 1.